The van der Waals surface area contributed by atoms with Crippen molar-refractivity contribution in [2.75, 3.05) is 13.6 Å². The molecule has 1 rings (SSSR count). The van der Waals surface area contributed by atoms with E-state index in [0.29, 0.717) is 13.1 Å². The van der Waals surface area contributed by atoms with Gasteiger partial charge in [0.15, 0.2) is 0 Å². The fraction of sp³-hybridized carbons (Fsp3) is 0.417. The molecule has 1 atom stereocenters. The van der Waals surface area contributed by atoms with Gasteiger partial charge in [-0.15, -0.1) is 0 Å². The van der Waals surface area contributed by atoms with E-state index >= 15 is 0 Å². The van der Waals surface area contributed by atoms with E-state index in [2.05, 4.69) is 21.1 Å². The molecule has 0 aliphatic carbocycles. The van der Waals surface area contributed by atoms with E-state index in [1.54, 1.807) is 6.07 Å². The van der Waals surface area contributed by atoms with Crippen LogP contribution in [-0.4, -0.2) is 29.5 Å². The summed E-state index contributed by atoms with van der Waals surface area (Å²) in [7, 11) is 1.93. The highest BCUT2D eigenvalue weighted by Crippen LogP contribution is 2.19. The second-order valence-corrected chi connectivity index (χ2v) is 5.21. The number of rotatable bonds is 5. The molecule has 3 N–H and O–H groups in total. The standard InChI is InChI=1S/C12H17BrFN3O/c1-8(12(15)16-18)6-17(2)7-9-3-4-10(14)5-11(9)13/h3-5,8,18H,6-7H2,1-2H3,(H2,15,16). The monoisotopic (exact) mass is 317 g/mol. The molecule has 0 saturated heterocycles. The van der Waals surface area contributed by atoms with Crippen molar-refractivity contribution >= 4 is 21.8 Å². The lowest BCUT2D eigenvalue weighted by atomic mass is 10.1. The largest absolute Gasteiger partial charge is 0.409 e. The van der Waals surface area contributed by atoms with Crippen LogP contribution < -0.4 is 5.73 Å². The van der Waals surface area contributed by atoms with Crippen LogP contribution in [0.3, 0.4) is 0 Å². The maximum absolute atomic E-state index is 12.9. The molecule has 100 valence electrons. The quantitative estimate of drug-likeness (QED) is 0.379. The van der Waals surface area contributed by atoms with Crippen molar-refractivity contribution in [1.82, 2.24) is 4.90 Å². The van der Waals surface area contributed by atoms with Crippen molar-refractivity contribution in [2.24, 2.45) is 16.8 Å². The summed E-state index contributed by atoms with van der Waals surface area (Å²) in [5, 5.41) is 11.6. The minimum atomic E-state index is -0.265. The van der Waals surface area contributed by atoms with Gasteiger partial charge < -0.3 is 15.8 Å². The van der Waals surface area contributed by atoms with Crippen molar-refractivity contribution < 1.29 is 9.60 Å². The third-order valence-corrected chi connectivity index (χ3v) is 3.40. The van der Waals surface area contributed by atoms with Crippen LogP contribution in [0.25, 0.3) is 0 Å². The van der Waals surface area contributed by atoms with Crippen LogP contribution in [-0.2, 0) is 6.54 Å². The Morgan fingerprint density at radius 2 is 2.28 bits per heavy atom. The first-order valence-corrected chi connectivity index (χ1v) is 6.33. The highest BCUT2D eigenvalue weighted by Gasteiger charge is 2.12. The van der Waals surface area contributed by atoms with Gasteiger partial charge in [-0.25, -0.2) is 4.39 Å². The number of halogens is 2. The molecule has 1 aromatic carbocycles. The van der Waals surface area contributed by atoms with Crippen molar-refractivity contribution in [2.45, 2.75) is 13.5 Å². The fourth-order valence-corrected chi connectivity index (χ4v) is 2.14. The number of oxime groups is 1. The predicted octanol–water partition coefficient (Wildman–Crippen LogP) is 2.40. The minimum Gasteiger partial charge on any atom is -0.409 e. The second kappa shape index (κ2) is 6.70. The zero-order valence-corrected chi connectivity index (χ0v) is 12.0. The molecule has 1 unspecified atom stereocenters. The van der Waals surface area contributed by atoms with Gasteiger partial charge in [0.25, 0.3) is 0 Å². The Morgan fingerprint density at radius 3 is 2.83 bits per heavy atom. The fourth-order valence-electron chi connectivity index (χ4n) is 1.66. The predicted molar refractivity (Wildman–Crippen MR) is 73.0 cm³/mol. The van der Waals surface area contributed by atoms with Crippen LogP contribution in [0, 0.1) is 11.7 Å². The number of amidine groups is 1. The summed E-state index contributed by atoms with van der Waals surface area (Å²) < 4.78 is 13.7. The summed E-state index contributed by atoms with van der Waals surface area (Å²) in [6.45, 7) is 3.19. The molecule has 0 aliphatic heterocycles. The lowest BCUT2D eigenvalue weighted by Crippen LogP contribution is -2.32. The Hall–Kier alpha value is -1.14. The molecule has 6 heteroatoms. The molecule has 1 aromatic rings. The Bertz CT molecular complexity index is 439. The summed E-state index contributed by atoms with van der Waals surface area (Å²) in [5.41, 5.74) is 6.51. The third kappa shape index (κ3) is 4.27. The van der Waals surface area contributed by atoms with E-state index in [1.165, 1.54) is 12.1 Å². The first kappa shape index (κ1) is 14.9. The van der Waals surface area contributed by atoms with Gasteiger partial charge in [-0.3, -0.25) is 0 Å². The molecule has 0 bridgehead atoms. The first-order chi connectivity index (χ1) is 8.43. The number of benzene rings is 1. The molecule has 0 fully saturated rings. The van der Waals surface area contributed by atoms with Gasteiger partial charge in [0.2, 0.25) is 0 Å². The average Bonchev–Trinajstić information content (AvgIpc) is 2.31. The number of nitrogens with two attached hydrogens (primary N) is 1. The van der Waals surface area contributed by atoms with Gasteiger partial charge >= 0.3 is 0 Å². The number of hydrogen-bond acceptors (Lipinski definition) is 3. The molecular formula is C12H17BrFN3O. The summed E-state index contributed by atoms with van der Waals surface area (Å²) >= 11 is 3.33. The van der Waals surface area contributed by atoms with Crippen molar-refractivity contribution in [1.29, 1.82) is 0 Å². The Balaban J connectivity index is 2.62. The van der Waals surface area contributed by atoms with Crippen LogP contribution in [0.1, 0.15) is 12.5 Å². The van der Waals surface area contributed by atoms with Crippen LogP contribution >= 0.6 is 15.9 Å². The molecular weight excluding hydrogens is 301 g/mol. The highest BCUT2D eigenvalue weighted by atomic mass is 79.9. The molecule has 18 heavy (non-hydrogen) atoms. The molecule has 0 aliphatic rings. The third-order valence-electron chi connectivity index (χ3n) is 2.66. The van der Waals surface area contributed by atoms with Crippen LogP contribution in [0.2, 0.25) is 0 Å². The zero-order valence-electron chi connectivity index (χ0n) is 10.4. The second-order valence-electron chi connectivity index (χ2n) is 4.36. The molecule has 0 aromatic heterocycles. The van der Waals surface area contributed by atoms with E-state index in [9.17, 15) is 4.39 Å². The van der Waals surface area contributed by atoms with Gasteiger partial charge in [-0.1, -0.05) is 34.1 Å². The lowest BCUT2D eigenvalue weighted by Gasteiger charge is -2.21. The van der Waals surface area contributed by atoms with Crippen LogP contribution in [0.15, 0.2) is 27.8 Å². The van der Waals surface area contributed by atoms with E-state index in [0.717, 1.165) is 10.0 Å². The van der Waals surface area contributed by atoms with Crippen molar-refractivity contribution in [3.8, 4) is 0 Å². The van der Waals surface area contributed by atoms with Gasteiger partial charge in [0.05, 0.1) is 0 Å². The van der Waals surface area contributed by atoms with Gasteiger partial charge in [-0.05, 0) is 24.7 Å². The normalized spacial score (nSPS) is 13.9. The van der Waals surface area contributed by atoms with Crippen LogP contribution in [0.5, 0.6) is 0 Å². The van der Waals surface area contributed by atoms with E-state index in [1.807, 2.05) is 18.9 Å². The average molecular weight is 318 g/mol. The molecule has 0 radical (unpaired) electrons. The molecule has 4 nitrogen and oxygen atoms in total. The maximum Gasteiger partial charge on any atom is 0.143 e. The Kier molecular flexibility index (Phi) is 5.55. The highest BCUT2D eigenvalue weighted by molar-refractivity contribution is 9.10. The Labute approximate surface area is 114 Å². The van der Waals surface area contributed by atoms with Crippen molar-refractivity contribution in [3.63, 3.8) is 0 Å². The zero-order chi connectivity index (χ0) is 13.7. The van der Waals surface area contributed by atoms with Gasteiger partial charge in [0, 0.05) is 23.5 Å². The Morgan fingerprint density at radius 1 is 1.61 bits per heavy atom. The number of hydrogen-bond donors (Lipinski definition) is 2. The SMILES string of the molecule is CC(CN(C)Cc1ccc(F)cc1Br)/C(N)=N/O. The van der Waals surface area contributed by atoms with Crippen molar-refractivity contribution in [3.05, 3.63) is 34.1 Å². The molecule has 0 spiro atoms. The summed E-state index contributed by atoms with van der Waals surface area (Å²) in [6, 6.07) is 4.61. The molecule has 0 heterocycles. The molecule has 0 saturated carbocycles. The van der Waals surface area contributed by atoms with Gasteiger partial charge in [0.1, 0.15) is 11.7 Å². The summed E-state index contributed by atoms with van der Waals surface area (Å²) in [6.07, 6.45) is 0. The smallest absolute Gasteiger partial charge is 0.143 e. The first-order valence-electron chi connectivity index (χ1n) is 5.54. The summed E-state index contributed by atoms with van der Waals surface area (Å²) in [5.74, 6) is -0.0995. The number of nitrogens with zero attached hydrogens (tertiary/aromatic N) is 2. The van der Waals surface area contributed by atoms with Crippen LogP contribution in [0.4, 0.5) is 4.39 Å². The molecule has 0 amide bonds. The van der Waals surface area contributed by atoms with E-state index in [4.69, 9.17) is 10.9 Å². The summed E-state index contributed by atoms with van der Waals surface area (Å²) in [4.78, 5) is 2.03. The van der Waals surface area contributed by atoms with E-state index < -0.39 is 0 Å². The minimum absolute atomic E-state index is 0.0424. The topological polar surface area (TPSA) is 61.8 Å². The van der Waals surface area contributed by atoms with E-state index in [-0.39, 0.29) is 17.6 Å². The van der Waals surface area contributed by atoms with Gasteiger partial charge in [-0.2, -0.15) is 0 Å². The lowest BCUT2D eigenvalue weighted by molar-refractivity contribution is 0.290. The maximum atomic E-state index is 12.9.